The summed E-state index contributed by atoms with van der Waals surface area (Å²) in [6.45, 7) is 2.27. The molecule has 0 saturated carbocycles. The largest absolute Gasteiger partial charge is 0.469 e. The van der Waals surface area contributed by atoms with Gasteiger partial charge in [-0.1, -0.05) is 83.3 Å². The minimum atomic E-state index is -0.0715. The average molecular weight is 325 g/mol. The molecule has 0 fully saturated rings. The molecule has 0 bridgehead atoms. The fourth-order valence-electron chi connectivity index (χ4n) is 2.80. The molecule has 0 spiro atoms. The maximum absolute atomic E-state index is 10.9. The monoisotopic (exact) mass is 324 g/mol. The van der Waals surface area contributed by atoms with Gasteiger partial charge in [-0.05, 0) is 32.1 Å². The smallest absolute Gasteiger partial charge is 0.305 e. The van der Waals surface area contributed by atoms with Gasteiger partial charge in [-0.2, -0.15) is 0 Å². The first-order chi connectivity index (χ1) is 11.3. The Morgan fingerprint density at radius 2 is 1.13 bits per heavy atom. The Kier molecular flexibility index (Phi) is 18.6. The molecule has 0 aromatic heterocycles. The number of hydrogen-bond acceptors (Lipinski definition) is 2. The number of allylic oxidation sites excluding steroid dienone is 2. The Morgan fingerprint density at radius 3 is 1.61 bits per heavy atom. The van der Waals surface area contributed by atoms with E-state index in [0.717, 1.165) is 12.8 Å². The number of unbranched alkanes of at least 4 members (excludes halogenated alkanes) is 13. The van der Waals surface area contributed by atoms with Crippen molar-refractivity contribution in [1.29, 1.82) is 0 Å². The van der Waals surface area contributed by atoms with Crippen LogP contribution in [0.25, 0.3) is 0 Å². The number of carbonyl (C=O) groups excluding carboxylic acids is 1. The third-order valence-electron chi connectivity index (χ3n) is 4.37. The molecule has 0 rings (SSSR count). The normalized spacial score (nSPS) is 11.2. The second-order valence-corrected chi connectivity index (χ2v) is 6.62. The number of rotatable bonds is 17. The van der Waals surface area contributed by atoms with Crippen molar-refractivity contribution in [1.82, 2.24) is 0 Å². The van der Waals surface area contributed by atoms with Crippen molar-refractivity contribution >= 4 is 5.97 Å². The fourth-order valence-corrected chi connectivity index (χ4v) is 2.80. The summed E-state index contributed by atoms with van der Waals surface area (Å²) in [5.41, 5.74) is 0. The summed E-state index contributed by atoms with van der Waals surface area (Å²) in [6.07, 6.45) is 24.9. The standard InChI is InChI=1S/C21H40O2/c1-3-4-5-6-7-8-9-10-11-12-13-14-15-16-17-18-19-20-21(22)23-2/h10-11H,3-9,12-20H2,1-2H3/b11-10-. The molecule has 0 aromatic carbocycles. The van der Waals surface area contributed by atoms with Crippen LogP contribution in [0.1, 0.15) is 110 Å². The zero-order chi connectivity index (χ0) is 17.0. The first-order valence-corrected chi connectivity index (χ1v) is 10.0. The zero-order valence-electron chi connectivity index (χ0n) is 15.8. The van der Waals surface area contributed by atoms with Crippen LogP contribution in [0.15, 0.2) is 12.2 Å². The van der Waals surface area contributed by atoms with Gasteiger partial charge in [-0.3, -0.25) is 4.79 Å². The number of hydrogen-bond donors (Lipinski definition) is 0. The van der Waals surface area contributed by atoms with Crippen molar-refractivity contribution in [2.75, 3.05) is 7.11 Å². The molecule has 0 heterocycles. The molecule has 0 radical (unpaired) electrons. The predicted molar refractivity (Wildman–Crippen MR) is 101 cm³/mol. The summed E-state index contributed by atoms with van der Waals surface area (Å²) in [4.78, 5) is 10.9. The molecule has 0 aliphatic rings. The summed E-state index contributed by atoms with van der Waals surface area (Å²) >= 11 is 0. The number of carbonyl (C=O) groups is 1. The SMILES string of the molecule is CCCCCCCC/C=C\CCCCCCCCCC(=O)OC. The van der Waals surface area contributed by atoms with Crippen LogP contribution in [-0.4, -0.2) is 13.1 Å². The van der Waals surface area contributed by atoms with Crippen molar-refractivity contribution in [2.45, 2.75) is 110 Å². The van der Waals surface area contributed by atoms with E-state index >= 15 is 0 Å². The lowest BCUT2D eigenvalue weighted by molar-refractivity contribution is -0.140. The number of esters is 1. The lowest BCUT2D eigenvalue weighted by atomic mass is 10.1. The third kappa shape index (κ3) is 19.2. The summed E-state index contributed by atoms with van der Waals surface area (Å²) in [5, 5.41) is 0. The van der Waals surface area contributed by atoms with E-state index < -0.39 is 0 Å². The molecule has 0 saturated heterocycles. The molecule has 23 heavy (non-hydrogen) atoms. The molecule has 0 atom stereocenters. The van der Waals surface area contributed by atoms with Gasteiger partial charge in [-0.25, -0.2) is 0 Å². The Bertz CT molecular complexity index is 271. The van der Waals surface area contributed by atoms with Gasteiger partial charge in [0.15, 0.2) is 0 Å². The Morgan fingerprint density at radius 1 is 0.696 bits per heavy atom. The topological polar surface area (TPSA) is 26.3 Å². The second-order valence-electron chi connectivity index (χ2n) is 6.62. The van der Waals surface area contributed by atoms with Crippen LogP contribution in [0.2, 0.25) is 0 Å². The van der Waals surface area contributed by atoms with Crippen LogP contribution in [0.3, 0.4) is 0 Å². The van der Waals surface area contributed by atoms with Gasteiger partial charge in [0.1, 0.15) is 0 Å². The maximum atomic E-state index is 10.9. The van der Waals surface area contributed by atoms with Crippen molar-refractivity contribution in [3.63, 3.8) is 0 Å². The van der Waals surface area contributed by atoms with Crippen molar-refractivity contribution in [3.05, 3.63) is 12.2 Å². The van der Waals surface area contributed by atoms with Crippen LogP contribution in [-0.2, 0) is 9.53 Å². The summed E-state index contributed by atoms with van der Waals surface area (Å²) in [6, 6.07) is 0. The molecule has 2 heteroatoms. The highest BCUT2D eigenvalue weighted by atomic mass is 16.5. The van der Waals surface area contributed by atoms with Crippen LogP contribution in [0.4, 0.5) is 0 Å². The van der Waals surface area contributed by atoms with Crippen LogP contribution in [0.5, 0.6) is 0 Å². The average Bonchev–Trinajstić information content (AvgIpc) is 2.57. The predicted octanol–water partition coefficient (Wildman–Crippen LogP) is 6.98. The Labute approximate surface area is 145 Å². The van der Waals surface area contributed by atoms with E-state index in [4.69, 9.17) is 0 Å². The lowest BCUT2D eigenvalue weighted by Gasteiger charge is -2.01. The summed E-state index contributed by atoms with van der Waals surface area (Å²) in [7, 11) is 1.46. The molecular formula is C21H40O2. The molecular weight excluding hydrogens is 284 g/mol. The third-order valence-corrected chi connectivity index (χ3v) is 4.37. The van der Waals surface area contributed by atoms with Gasteiger partial charge < -0.3 is 4.74 Å². The van der Waals surface area contributed by atoms with Gasteiger partial charge in [0.2, 0.25) is 0 Å². The van der Waals surface area contributed by atoms with E-state index in [1.54, 1.807) is 0 Å². The van der Waals surface area contributed by atoms with Crippen LogP contribution >= 0.6 is 0 Å². The van der Waals surface area contributed by atoms with E-state index in [9.17, 15) is 4.79 Å². The summed E-state index contributed by atoms with van der Waals surface area (Å²) in [5.74, 6) is -0.0715. The number of methoxy groups -OCH3 is 1. The molecule has 0 aliphatic carbocycles. The number of ether oxygens (including phenoxy) is 1. The second kappa shape index (κ2) is 19.3. The Balaban J connectivity index is 3.09. The van der Waals surface area contributed by atoms with E-state index in [-0.39, 0.29) is 5.97 Å². The van der Waals surface area contributed by atoms with Crippen LogP contribution < -0.4 is 0 Å². The van der Waals surface area contributed by atoms with Gasteiger partial charge >= 0.3 is 5.97 Å². The quantitative estimate of drug-likeness (QED) is 0.164. The Hall–Kier alpha value is -0.790. The molecule has 2 nitrogen and oxygen atoms in total. The highest BCUT2D eigenvalue weighted by Gasteiger charge is 1.98. The first kappa shape index (κ1) is 22.2. The molecule has 0 aromatic rings. The van der Waals surface area contributed by atoms with E-state index in [1.807, 2.05) is 0 Å². The van der Waals surface area contributed by atoms with E-state index in [0.29, 0.717) is 6.42 Å². The van der Waals surface area contributed by atoms with E-state index in [1.165, 1.54) is 90.6 Å². The van der Waals surface area contributed by atoms with Crippen molar-refractivity contribution < 1.29 is 9.53 Å². The minimum absolute atomic E-state index is 0.0715. The van der Waals surface area contributed by atoms with Gasteiger partial charge in [-0.15, -0.1) is 0 Å². The van der Waals surface area contributed by atoms with Crippen molar-refractivity contribution in [2.24, 2.45) is 0 Å². The van der Waals surface area contributed by atoms with Crippen LogP contribution in [0, 0.1) is 0 Å². The van der Waals surface area contributed by atoms with Gasteiger partial charge in [0.05, 0.1) is 7.11 Å². The molecule has 0 aliphatic heterocycles. The van der Waals surface area contributed by atoms with E-state index in [2.05, 4.69) is 23.8 Å². The molecule has 136 valence electrons. The summed E-state index contributed by atoms with van der Waals surface area (Å²) < 4.78 is 4.63. The minimum Gasteiger partial charge on any atom is -0.469 e. The molecule has 0 unspecified atom stereocenters. The van der Waals surface area contributed by atoms with Gasteiger partial charge in [0.25, 0.3) is 0 Å². The lowest BCUT2D eigenvalue weighted by Crippen LogP contribution is -1.99. The molecule has 0 amide bonds. The molecule has 0 N–H and O–H groups in total. The highest BCUT2D eigenvalue weighted by molar-refractivity contribution is 5.68. The first-order valence-electron chi connectivity index (χ1n) is 10.0. The van der Waals surface area contributed by atoms with Crippen molar-refractivity contribution in [3.8, 4) is 0 Å². The maximum Gasteiger partial charge on any atom is 0.305 e. The van der Waals surface area contributed by atoms with Gasteiger partial charge in [0, 0.05) is 6.42 Å². The zero-order valence-corrected chi connectivity index (χ0v) is 15.8. The fraction of sp³-hybridized carbons (Fsp3) is 0.857. The highest BCUT2D eigenvalue weighted by Crippen LogP contribution is 2.11.